The van der Waals surface area contributed by atoms with Crippen LogP contribution in [0.3, 0.4) is 0 Å². The minimum atomic E-state index is -0.940. The zero-order valence-corrected chi connectivity index (χ0v) is 13.9. The van der Waals surface area contributed by atoms with Gasteiger partial charge in [-0.15, -0.1) is 0 Å². The predicted octanol–water partition coefficient (Wildman–Crippen LogP) is -0.475. The average Bonchev–Trinajstić information content (AvgIpc) is 2.79. The first-order valence-corrected chi connectivity index (χ1v) is 8.19. The van der Waals surface area contributed by atoms with Crippen molar-refractivity contribution in [2.45, 2.75) is 38.4 Å². The van der Waals surface area contributed by atoms with E-state index in [9.17, 15) is 19.2 Å². The second-order valence-corrected chi connectivity index (χ2v) is 6.44. The molecular weight excluding hydrogens is 324 g/mol. The molecule has 1 saturated heterocycles. The Balaban J connectivity index is 1.79. The van der Waals surface area contributed by atoms with Gasteiger partial charge < -0.3 is 11.1 Å². The molecule has 0 aliphatic carbocycles. The molecule has 132 valence electrons. The summed E-state index contributed by atoms with van der Waals surface area (Å²) < 4.78 is 0. The number of carbonyl (C=O) groups is 4. The molecule has 1 aromatic carbocycles. The maximum absolute atomic E-state index is 12.7. The van der Waals surface area contributed by atoms with Crippen LogP contribution >= 0.6 is 0 Å². The van der Waals surface area contributed by atoms with Crippen LogP contribution in [0, 0.1) is 0 Å². The highest BCUT2D eigenvalue weighted by atomic mass is 16.2. The van der Waals surface area contributed by atoms with Gasteiger partial charge in [-0.25, -0.2) is 0 Å². The van der Waals surface area contributed by atoms with E-state index < -0.39 is 23.8 Å². The normalized spacial score (nSPS) is 21.4. The fraction of sp³-hybridized carbons (Fsp3) is 0.412. The third-order valence-corrected chi connectivity index (χ3v) is 4.30. The van der Waals surface area contributed by atoms with E-state index >= 15 is 0 Å². The van der Waals surface area contributed by atoms with Crippen molar-refractivity contribution in [3.63, 3.8) is 0 Å². The van der Waals surface area contributed by atoms with E-state index in [1.807, 2.05) is 6.92 Å². The summed E-state index contributed by atoms with van der Waals surface area (Å²) in [6, 6.07) is 4.11. The van der Waals surface area contributed by atoms with Crippen molar-refractivity contribution in [1.29, 1.82) is 0 Å². The van der Waals surface area contributed by atoms with E-state index in [4.69, 9.17) is 5.73 Å². The number of nitrogens with two attached hydrogens (primary N) is 1. The summed E-state index contributed by atoms with van der Waals surface area (Å²) >= 11 is 0. The Morgan fingerprint density at radius 1 is 1.24 bits per heavy atom. The van der Waals surface area contributed by atoms with Crippen molar-refractivity contribution in [2.75, 3.05) is 6.54 Å². The van der Waals surface area contributed by atoms with Crippen molar-refractivity contribution in [3.8, 4) is 0 Å². The van der Waals surface area contributed by atoms with Gasteiger partial charge in [-0.2, -0.15) is 0 Å². The molecule has 1 fully saturated rings. The van der Waals surface area contributed by atoms with Crippen molar-refractivity contribution >= 4 is 23.6 Å². The maximum Gasteiger partial charge on any atom is 0.262 e. The standard InChI is InChI=1S/C17H20N4O4/c1-9(18)7-19-8-10-2-3-11-12(6-10)17(25)21(16(11)24)13-4-5-14(22)20-15(13)23/h2-3,6,9,13,19H,4-5,7-8,18H2,1H3,(H,20,22,23)/t9-,13?/m0/s1. The molecular formula is C17H20N4O4. The van der Waals surface area contributed by atoms with Crippen LogP contribution in [0.15, 0.2) is 18.2 Å². The van der Waals surface area contributed by atoms with Crippen LogP contribution < -0.4 is 16.4 Å². The molecule has 1 aromatic rings. The van der Waals surface area contributed by atoms with Crippen LogP contribution in [0.5, 0.6) is 0 Å². The Morgan fingerprint density at radius 3 is 2.64 bits per heavy atom. The van der Waals surface area contributed by atoms with Crippen LogP contribution in [0.1, 0.15) is 46.0 Å². The van der Waals surface area contributed by atoms with E-state index in [1.54, 1.807) is 18.2 Å². The van der Waals surface area contributed by atoms with Crippen molar-refractivity contribution in [3.05, 3.63) is 34.9 Å². The third kappa shape index (κ3) is 3.31. The number of carbonyl (C=O) groups excluding carboxylic acids is 4. The summed E-state index contributed by atoms with van der Waals surface area (Å²) in [4.78, 5) is 49.5. The number of hydrogen-bond acceptors (Lipinski definition) is 6. The number of fused-ring (bicyclic) bond motifs is 1. The van der Waals surface area contributed by atoms with Gasteiger partial charge in [0, 0.05) is 25.6 Å². The van der Waals surface area contributed by atoms with Gasteiger partial charge in [-0.1, -0.05) is 6.07 Å². The van der Waals surface area contributed by atoms with E-state index in [0.717, 1.165) is 10.5 Å². The third-order valence-electron chi connectivity index (χ3n) is 4.30. The van der Waals surface area contributed by atoms with Crippen LogP contribution in [0.25, 0.3) is 0 Å². The minimum absolute atomic E-state index is 0.0145. The number of imide groups is 2. The number of amides is 4. The summed E-state index contributed by atoms with van der Waals surface area (Å²) in [5.41, 5.74) is 7.10. The van der Waals surface area contributed by atoms with Crippen LogP contribution in [-0.2, 0) is 16.1 Å². The Morgan fingerprint density at radius 2 is 1.96 bits per heavy atom. The van der Waals surface area contributed by atoms with Gasteiger partial charge in [0.05, 0.1) is 11.1 Å². The topological polar surface area (TPSA) is 122 Å². The van der Waals surface area contributed by atoms with Gasteiger partial charge in [0.1, 0.15) is 6.04 Å². The van der Waals surface area contributed by atoms with Gasteiger partial charge in [-0.05, 0) is 31.0 Å². The van der Waals surface area contributed by atoms with Crippen LogP contribution in [-0.4, -0.2) is 47.2 Å². The summed E-state index contributed by atoms with van der Waals surface area (Å²) in [5.74, 6) is -1.99. The fourth-order valence-electron chi connectivity index (χ4n) is 3.07. The largest absolute Gasteiger partial charge is 0.327 e. The average molecular weight is 344 g/mol. The number of rotatable bonds is 5. The quantitative estimate of drug-likeness (QED) is 0.621. The van der Waals surface area contributed by atoms with Gasteiger partial charge in [0.15, 0.2) is 0 Å². The van der Waals surface area contributed by atoms with Gasteiger partial charge in [-0.3, -0.25) is 29.4 Å². The summed E-state index contributed by atoms with van der Waals surface area (Å²) in [6.07, 6.45) is 0.259. The Bertz CT molecular complexity index is 759. The Kier molecular flexibility index (Phi) is 4.65. The molecule has 8 nitrogen and oxygen atoms in total. The van der Waals surface area contributed by atoms with Crippen LogP contribution in [0.2, 0.25) is 0 Å². The van der Waals surface area contributed by atoms with E-state index in [0.29, 0.717) is 13.1 Å². The van der Waals surface area contributed by atoms with E-state index in [2.05, 4.69) is 10.6 Å². The van der Waals surface area contributed by atoms with Crippen molar-refractivity contribution in [1.82, 2.24) is 15.5 Å². The number of piperidine rings is 1. The monoisotopic (exact) mass is 344 g/mol. The Labute approximate surface area is 144 Å². The molecule has 0 radical (unpaired) electrons. The number of nitrogens with one attached hydrogen (secondary N) is 2. The lowest BCUT2D eigenvalue weighted by Crippen LogP contribution is -2.54. The van der Waals surface area contributed by atoms with Gasteiger partial charge in [0.25, 0.3) is 11.8 Å². The molecule has 0 aromatic heterocycles. The highest BCUT2D eigenvalue weighted by Crippen LogP contribution is 2.28. The first kappa shape index (κ1) is 17.2. The van der Waals surface area contributed by atoms with Gasteiger partial charge in [0.2, 0.25) is 11.8 Å². The summed E-state index contributed by atoms with van der Waals surface area (Å²) in [7, 11) is 0. The molecule has 1 unspecified atom stereocenters. The fourth-order valence-corrected chi connectivity index (χ4v) is 3.07. The lowest BCUT2D eigenvalue weighted by Gasteiger charge is -2.27. The second-order valence-electron chi connectivity index (χ2n) is 6.44. The predicted molar refractivity (Wildman–Crippen MR) is 88.5 cm³/mol. The lowest BCUT2D eigenvalue weighted by atomic mass is 10.0. The number of hydrogen-bond donors (Lipinski definition) is 3. The molecule has 2 heterocycles. The molecule has 2 aliphatic heterocycles. The van der Waals surface area contributed by atoms with E-state index in [-0.39, 0.29) is 35.9 Å². The maximum atomic E-state index is 12.7. The highest BCUT2D eigenvalue weighted by Gasteiger charge is 2.44. The molecule has 2 aliphatic rings. The zero-order chi connectivity index (χ0) is 18.1. The highest BCUT2D eigenvalue weighted by molar-refractivity contribution is 6.23. The number of nitrogens with zero attached hydrogens (tertiary/aromatic N) is 1. The molecule has 25 heavy (non-hydrogen) atoms. The first-order chi connectivity index (χ1) is 11.9. The summed E-state index contributed by atoms with van der Waals surface area (Å²) in [5, 5.41) is 5.35. The SMILES string of the molecule is C[C@H](N)CNCc1ccc2c(c1)C(=O)N(C1CCC(=O)NC1=O)C2=O. The summed E-state index contributed by atoms with van der Waals surface area (Å²) in [6.45, 7) is 3.04. The molecule has 2 atom stereocenters. The van der Waals surface area contributed by atoms with Crippen LogP contribution in [0.4, 0.5) is 0 Å². The second kappa shape index (κ2) is 6.73. The smallest absolute Gasteiger partial charge is 0.262 e. The molecule has 0 saturated carbocycles. The van der Waals surface area contributed by atoms with E-state index in [1.165, 1.54) is 0 Å². The zero-order valence-electron chi connectivity index (χ0n) is 13.9. The lowest BCUT2D eigenvalue weighted by molar-refractivity contribution is -0.136. The first-order valence-electron chi connectivity index (χ1n) is 8.19. The van der Waals surface area contributed by atoms with Crippen molar-refractivity contribution < 1.29 is 19.2 Å². The molecule has 0 bridgehead atoms. The Hall–Kier alpha value is -2.58. The molecule has 4 N–H and O–H groups in total. The van der Waals surface area contributed by atoms with Gasteiger partial charge >= 0.3 is 0 Å². The van der Waals surface area contributed by atoms with Crippen molar-refractivity contribution in [2.24, 2.45) is 5.73 Å². The minimum Gasteiger partial charge on any atom is -0.327 e. The molecule has 0 spiro atoms. The molecule has 8 heteroatoms. The molecule has 3 rings (SSSR count). The number of benzene rings is 1. The molecule has 4 amide bonds.